The minimum Gasteiger partial charge on any atom is -0.487 e. The number of aromatic nitrogens is 1. The number of halogens is 1. The summed E-state index contributed by atoms with van der Waals surface area (Å²) in [5.74, 6) is 4.84. The largest absolute Gasteiger partial charge is 0.487 e. The Balaban J connectivity index is 1.68. The summed E-state index contributed by atoms with van der Waals surface area (Å²) >= 11 is 0. The van der Waals surface area contributed by atoms with Crippen molar-refractivity contribution in [2.45, 2.75) is 37.3 Å². The van der Waals surface area contributed by atoms with Gasteiger partial charge in [0.1, 0.15) is 22.6 Å². The third kappa shape index (κ3) is 6.67. The molecule has 4 rings (SSSR count). The van der Waals surface area contributed by atoms with Gasteiger partial charge in [-0.3, -0.25) is 9.78 Å². The second-order valence-electron chi connectivity index (χ2n) is 9.94. The molecule has 1 aliphatic rings. The summed E-state index contributed by atoms with van der Waals surface area (Å²) in [6.45, 7) is 3.43. The number of carbonyl (C=O) groups excluding carboxylic acids is 1. The normalized spacial score (nSPS) is 19.1. The van der Waals surface area contributed by atoms with Crippen molar-refractivity contribution in [1.82, 2.24) is 14.2 Å². The van der Waals surface area contributed by atoms with Crippen LogP contribution in [0.1, 0.15) is 30.5 Å². The first-order valence-corrected chi connectivity index (χ1v) is 14.4. The van der Waals surface area contributed by atoms with Gasteiger partial charge < -0.3 is 14.7 Å². The second-order valence-corrected chi connectivity index (χ2v) is 11.8. The smallest absolute Gasteiger partial charge is 0.247 e. The van der Waals surface area contributed by atoms with Crippen molar-refractivity contribution >= 4 is 15.9 Å². The monoisotopic (exact) mass is 565 g/mol. The number of aliphatic hydroxyl groups is 1. The van der Waals surface area contributed by atoms with Crippen LogP contribution in [-0.4, -0.2) is 72.5 Å². The Labute approximate surface area is 234 Å². The summed E-state index contributed by atoms with van der Waals surface area (Å²) in [5, 5.41) is 9.84. The lowest BCUT2D eigenvalue weighted by molar-refractivity contribution is -0.130. The standard InChI is InChI=1S/C30H32FN3O5S/c1-21-18-34(22(2)20-35)40(37,38)29-11-9-23(8-10-25-6-4-5-7-26(25)31)16-27(29)39-28(21)19-33(3)30(36)17-24-12-14-32-15-13-24/h4-7,9,11-16,21-22,28,35H,17-20H2,1-3H3/t21-,22-,28+/m0/s1. The van der Waals surface area contributed by atoms with Gasteiger partial charge in [0.15, 0.2) is 0 Å². The van der Waals surface area contributed by atoms with Gasteiger partial charge in [0.2, 0.25) is 15.9 Å². The maximum absolute atomic E-state index is 14.1. The van der Waals surface area contributed by atoms with Crippen molar-refractivity contribution in [2.24, 2.45) is 5.92 Å². The summed E-state index contributed by atoms with van der Waals surface area (Å²) in [6.07, 6.45) is 2.88. The first kappa shape index (κ1) is 29.2. The fourth-order valence-electron chi connectivity index (χ4n) is 4.41. The summed E-state index contributed by atoms with van der Waals surface area (Å²) in [5.41, 5.74) is 1.48. The molecular formula is C30H32FN3O5S. The molecule has 0 saturated heterocycles. The van der Waals surface area contributed by atoms with Gasteiger partial charge in [0, 0.05) is 43.5 Å². The molecule has 0 spiro atoms. The van der Waals surface area contributed by atoms with E-state index in [9.17, 15) is 22.7 Å². The van der Waals surface area contributed by atoms with Crippen molar-refractivity contribution in [3.8, 4) is 17.6 Å². The zero-order valence-electron chi connectivity index (χ0n) is 22.6. The van der Waals surface area contributed by atoms with E-state index in [0.29, 0.717) is 5.56 Å². The van der Waals surface area contributed by atoms with Crippen molar-refractivity contribution in [2.75, 3.05) is 26.7 Å². The van der Waals surface area contributed by atoms with Crippen LogP contribution >= 0.6 is 0 Å². The highest BCUT2D eigenvalue weighted by Gasteiger charge is 2.38. The van der Waals surface area contributed by atoms with Gasteiger partial charge in [-0.15, -0.1) is 0 Å². The molecule has 10 heteroatoms. The van der Waals surface area contributed by atoms with E-state index in [-0.39, 0.29) is 54.2 Å². The Hall–Kier alpha value is -3.78. The Morgan fingerprint density at radius 1 is 1.20 bits per heavy atom. The predicted molar refractivity (Wildman–Crippen MR) is 148 cm³/mol. The minimum absolute atomic E-state index is 0.0630. The van der Waals surface area contributed by atoms with Gasteiger partial charge in [0.25, 0.3) is 0 Å². The van der Waals surface area contributed by atoms with E-state index in [1.165, 1.54) is 22.5 Å². The molecule has 0 bridgehead atoms. The first-order valence-electron chi connectivity index (χ1n) is 12.9. The molecule has 0 unspecified atom stereocenters. The molecule has 8 nitrogen and oxygen atoms in total. The molecule has 1 aliphatic heterocycles. The van der Waals surface area contributed by atoms with Gasteiger partial charge in [0.05, 0.1) is 25.1 Å². The van der Waals surface area contributed by atoms with Gasteiger partial charge in [-0.1, -0.05) is 30.9 Å². The topological polar surface area (TPSA) is 100 Å². The number of fused-ring (bicyclic) bond motifs is 1. The number of hydrogen-bond donors (Lipinski definition) is 1. The quantitative estimate of drug-likeness (QED) is 0.461. The molecule has 1 amide bonds. The lowest BCUT2D eigenvalue weighted by Crippen LogP contribution is -2.50. The first-order chi connectivity index (χ1) is 19.1. The summed E-state index contributed by atoms with van der Waals surface area (Å²) in [6, 6.07) is 13.5. The van der Waals surface area contributed by atoms with E-state index >= 15 is 0 Å². The lowest BCUT2D eigenvalue weighted by atomic mass is 10.0. The maximum Gasteiger partial charge on any atom is 0.247 e. The molecule has 3 atom stereocenters. The van der Waals surface area contributed by atoms with E-state index < -0.39 is 28.0 Å². The number of aliphatic hydroxyl groups excluding tert-OH is 1. The molecule has 2 aromatic carbocycles. The summed E-state index contributed by atoms with van der Waals surface area (Å²) < 4.78 is 49.0. The Morgan fingerprint density at radius 3 is 2.62 bits per heavy atom. The number of hydrogen-bond acceptors (Lipinski definition) is 6. The third-order valence-electron chi connectivity index (χ3n) is 6.87. The Morgan fingerprint density at radius 2 is 1.93 bits per heavy atom. The molecule has 3 aromatic rings. The number of rotatable bonds is 6. The number of nitrogens with zero attached hydrogens (tertiary/aromatic N) is 3. The fraction of sp³-hybridized carbons (Fsp3) is 0.333. The van der Waals surface area contributed by atoms with Gasteiger partial charge >= 0.3 is 0 Å². The van der Waals surface area contributed by atoms with Crippen molar-refractivity contribution in [3.05, 3.63) is 89.5 Å². The summed E-state index contributed by atoms with van der Waals surface area (Å²) in [4.78, 5) is 18.5. The Bertz CT molecular complexity index is 1520. The van der Waals surface area contributed by atoms with Gasteiger partial charge in [-0.2, -0.15) is 4.31 Å². The fourth-order valence-corrected chi connectivity index (χ4v) is 6.23. The predicted octanol–water partition coefficient (Wildman–Crippen LogP) is 3.09. The number of sulfonamides is 1. The number of pyridine rings is 1. The lowest BCUT2D eigenvalue weighted by Gasteiger charge is -2.37. The number of amides is 1. The molecule has 1 N–H and O–H groups in total. The average molecular weight is 566 g/mol. The summed E-state index contributed by atoms with van der Waals surface area (Å²) in [7, 11) is -2.35. The molecular weight excluding hydrogens is 533 g/mol. The van der Waals surface area contributed by atoms with Gasteiger partial charge in [-0.25, -0.2) is 12.8 Å². The molecule has 1 aromatic heterocycles. The van der Waals surface area contributed by atoms with E-state index in [2.05, 4.69) is 16.8 Å². The maximum atomic E-state index is 14.1. The Kier molecular flexibility index (Phi) is 9.20. The number of carbonyl (C=O) groups is 1. The molecule has 0 radical (unpaired) electrons. The van der Waals surface area contributed by atoms with Crippen LogP contribution in [0.15, 0.2) is 71.9 Å². The average Bonchev–Trinajstić information content (AvgIpc) is 2.94. The molecule has 210 valence electrons. The van der Waals surface area contributed by atoms with Crippen LogP contribution in [0.25, 0.3) is 0 Å². The van der Waals surface area contributed by atoms with Crippen LogP contribution in [0, 0.1) is 23.6 Å². The van der Waals surface area contributed by atoms with Crippen molar-refractivity contribution in [1.29, 1.82) is 0 Å². The zero-order chi connectivity index (χ0) is 28.9. The highest BCUT2D eigenvalue weighted by Crippen LogP contribution is 2.34. The number of likely N-dealkylation sites (N-methyl/N-ethyl adjacent to an activating group) is 1. The van der Waals surface area contributed by atoms with E-state index in [1.807, 2.05) is 6.92 Å². The molecule has 2 heterocycles. The van der Waals surface area contributed by atoms with Gasteiger partial charge in [-0.05, 0) is 55.0 Å². The number of ether oxygens (including phenoxy) is 1. The van der Waals surface area contributed by atoms with Crippen LogP contribution in [0.3, 0.4) is 0 Å². The molecule has 40 heavy (non-hydrogen) atoms. The molecule has 0 aliphatic carbocycles. The van der Waals surface area contributed by atoms with Crippen LogP contribution in [0.5, 0.6) is 5.75 Å². The van der Waals surface area contributed by atoms with Crippen molar-refractivity contribution in [3.63, 3.8) is 0 Å². The highest BCUT2D eigenvalue weighted by atomic mass is 32.2. The van der Waals surface area contributed by atoms with E-state index in [0.717, 1.165) is 5.56 Å². The van der Waals surface area contributed by atoms with E-state index in [1.54, 1.807) is 67.7 Å². The minimum atomic E-state index is -4.03. The zero-order valence-corrected chi connectivity index (χ0v) is 23.4. The SMILES string of the molecule is C[C@H]1CN([C@@H](C)CO)S(=O)(=O)c2ccc(C#Cc3ccccc3F)cc2O[C@@H]1CN(C)C(=O)Cc1ccncc1. The highest BCUT2D eigenvalue weighted by molar-refractivity contribution is 7.89. The molecule has 0 fully saturated rings. The van der Waals surface area contributed by atoms with Crippen LogP contribution in [0.4, 0.5) is 4.39 Å². The molecule has 0 saturated carbocycles. The second kappa shape index (κ2) is 12.6. The third-order valence-corrected chi connectivity index (χ3v) is 8.89. The van der Waals surface area contributed by atoms with Crippen LogP contribution < -0.4 is 4.74 Å². The van der Waals surface area contributed by atoms with Crippen LogP contribution in [0.2, 0.25) is 0 Å². The van der Waals surface area contributed by atoms with Crippen molar-refractivity contribution < 1.29 is 27.4 Å². The number of benzene rings is 2. The van der Waals surface area contributed by atoms with E-state index in [4.69, 9.17) is 4.74 Å². The van der Waals surface area contributed by atoms with Crippen LogP contribution in [-0.2, 0) is 21.2 Å².